The molecule has 2 rings (SSSR count). The van der Waals surface area contributed by atoms with Gasteiger partial charge in [0.1, 0.15) is 0 Å². The molecule has 0 bridgehead atoms. The molecule has 0 spiro atoms. The minimum atomic E-state index is 0.776. The van der Waals surface area contributed by atoms with Crippen LogP contribution >= 0.6 is 0 Å². The molecule has 0 amide bonds. The molecular weight excluding hydrogens is 220 g/mol. The molecule has 1 heterocycles. The zero-order chi connectivity index (χ0) is 12.6. The third-order valence-corrected chi connectivity index (χ3v) is 3.75. The van der Waals surface area contributed by atoms with Crippen molar-refractivity contribution in [1.82, 2.24) is 10.3 Å². The van der Waals surface area contributed by atoms with Crippen molar-refractivity contribution < 1.29 is 0 Å². The molecule has 98 valence electrons. The van der Waals surface area contributed by atoms with E-state index in [0.717, 1.165) is 19.0 Å². The summed E-state index contributed by atoms with van der Waals surface area (Å²) in [5.74, 6) is 0.776. The van der Waals surface area contributed by atoms with E-state index < -0.39 is 0 Å². The Morgan fingerprint density at radius 3 is 2.89 bits per heavy atom. The third kappa shape index (κ3) is 3.95. The lowest BCUT2D eigenvalue weighted by Crippen LogP contribution is -2.22. The maximum atomic E-state index is 4.20. The van der Waals surface area contributed by atoms with Gasteiger partial charge in [-0.05, 0) is 36.9 Å². The SMILES string of the molecule is CCNCC(=Cc1cccnc1)C1CCCCC1. The summed E-state index contributed by atoms with van der Waals surface area (Å²) in [4.78, 5) is 4.20. The molecule has 1 aromatic rings. The Kier molecular flexibility index (Phi) is 5.40. The molecular formula is C16H24N2. The maximum absolute atomic E-state index is 4.20. The molecule has 0 radical (unpaired) electrons. The number of hydrogen-bond donors (Lipinski definition) is 1. The smallest absolute Gasteiger partial charge is 0.0340 e. The molecule has 0 saturated heterocycles. The van der Waals surface area contributed by atoms with Gasteiger partial charge in [-0.3, -0.25) is 4.98 Å². The Morgan fingerprint density at radius 2 is 2.22 bits per heavy atom. The van der Waals surface area contributed by atoms with Gasteiger partial charge in [-0.2, -0.15) is 0 Å². The summed E-state index contributed by atoms with van der Waals surface area (Å²) in [6, 6.07) is 4.15. The van der Waals surface area contributed by atoms with Crippen LogP contribution in [0.5, 0.6) is 0 Å². The van der Waals surface area contributed by atoms with E-state index in [1.54, 1.807) is 5.57 Å². The van der Waals surface area contributed by atoms with Crippen molar-refractivity contribution in [3.05, 3.63) is 35.7 Å². The summed E-state index contributed by atoms with van der Waals surface area (Å²) in [5, 5.41) is 3.48. The Balaban J connectivity index is 2.10. The van der Waals surface area contributed by atoms with E-state index in [-0.39, 0.29) is 0 Å². The van der Waals surface area contributed by atoms with E-state index in [4.69, 9.17) is 0 Å². The summed E-state index contributed by atoms with van der Waals surface area (Å²) in [6.45, 7) is 4.23. The fourth-order valence-electron chi connectivity index (χ4n) is 2.73. The lowest BCUT2D eigenvalue weighted by molar-refractivity contribution is 0.397. The molecule has 1 aromatic heterocycles. The highest BCUT2D eigenvalue weighted by atomic mass is 14.8. The molecule has 2 heteroatoms. The van der Waals surface area contributed by atoms with Crippen molar-refractivity contribution in [3.8, 4) is 0 Å². The van der Waals surface area contributed by atoms with E-state index in [2.05, 4.69) is 29.4 Å². The van der Waals surface area contributed by atoms with E-state index in [1.807, 2.05) is 18.5 Å². The van der Waals surface area contributed by atoms with E-state index in [1.165, 1.54) is 37.7 Å². The molecule has 0 atom stereocenters. The molecule has 2 nitrogen and oxygen atoms in total. The topological polar surface area (TPSA) is 24.9 Å². The fourth-order valence-corrected chi connectivity index (χ4v) is 2.73. The Bertz CT molecular complexity index is 364. The zero-order valence-corrected chi connectivity index (χ0v) is 11.4. The summed E-state index contributed by atoms with van der Waals surface area (Å²) >= 11 is 0. The van der Waals surface area contributed by atoms with Crippen LogP contribution in [-0.2, 0) is 0 Å². The second-order valence-electron chi connectivity index (χ2n) is 5.12. The van der Waals surface area contributed by atoms with Gasteiger partial charge in [0.25, 0.3) is 0 Å². The molecule has 0 aliphatic heterocycles. The minimum Gasteiger partial charge on any atom is -0.313 e. The van der Waals surface area contributed by atoms with Crippen LogP contribution < -0.4 is 5.32 Å². The second-order valence-corrected chi connectivity index (χ2v) is 5.12. The van der Waals surface area contributed by atoms with Gasteiger partial charge in [-0.1, -0.05) is 43.9 Å². The highest BCUT2D eigenvalue weighted by Gasteiger charge is 2.17. The molecule has 1 N–H and O–H groups in total. The summed E-state index contributed by atoms with van der Waals surface area (Å²) in [6.07, 6.45) is 13.0. The highest BCUT2D eigenvalue weighted by Crippen LogP contribution is 2.30. The predicted octanol–water partition coefficient (Wildman–Crippen LogP) is 3.65. The van der Waals surface area contributed by atoms with Crippen LogP contribution in [0.2, 0.25) is 0 Å². The molecule has 1 fully saturated rings. The molecule has 1 saturated carbocycles. The average Bonchev–Trinajstić information content (AvgIpc) is 2.45. The van der Waals surface area contributed by atoms with E-state index >= 15 is 0 Å². The van der Waals surface area contributed by atoms with Crippen molar-refractivity contribution in [3.63, 3.8) is 0 Å². The number of hydrogen-bond acceptors (Lipinski definition) is 2. The molecule has 1 aliphatic rings. The van der Waals surface area contributed by atoms with Gasteiger partial charge in [-0.25, -0.2) is 0 Å². The third-order valence-electron chi connectivity index (χ3n) is 3.75. The highest BCUT2D eigenvalue weighted by molar-refractivity contribution is 5.52. The van der Waals surface area contributed by atoms with Crippen LogP contribution in [0.3, 0.4) is 0 Å². The molecule has 0 unspecified atom stereocenters. The Hall–Kier alpha value is -1.15. The normalized spacial score (nSPS) is 17.9. The van der Waals surface area contributed by atoms with Crippen molar-refractivity contribution in [1.29, 1.82) is 0 Å². The second kappa shape index (κ2) is 7.32. The quantitative estimate of drug-likeness (QED) is 0.855. The van der Waals surface area contributed by atoms with Crippen molar-refractivity contribution in [2.24, 2.45) is 5.92 Å². The first-order chi connectivity index (χ1) is 8.90. The van der Waals surface area contributed by atoms with Gasteiger partial charge in [0, 0.05) is 18.9 Å². The summed E-state index contributed by atoms with van der Waals surface area (Å²) in [5.41, 5.74) is 2.79. The van der Waals surface area contributed by atoms with Crippen LogP contribution in [0.25, 0.3) is 6.08 Å². The van der Waals surface area contributed by atoms with Crippen molar-refractivity contribution in [2.45, 2.75) is 39.0 Å². The van der Waals surface area contributed by atoms with Crippen LogP contribution in [0.4, 0.5) is 0 Å². The number of nitrogens with one attached hydrogen (secondary N) is 1. The predicted molar refractivity (Wildman–Crippen MR) is 77.3 cm³/mol. The molecule has 0 aromatic carbocycles. The largest absolute Gasteiger partial charge is 0.313 e. The minimum absolute atomic E-state index is 0.776. The monoisotopic (exact) mass is 244 g/mol. The lowest BCUT2D eigenvalue weighted by Gasteiger charge is -2.25. The van der Waals surface area contributed by atoms with E-state index in [9.17, 15) is 0 Å². The van der Waals surface area contributed by atoms with Gasteiger partial charge in [0.15, 0.2) is 0 Å². The van der Waals surface area contributed by atoms with Gasteiger partial charge >= 0.3 is 0 Å². The summed E-state index contributed by atoms with van der Waals surface area (Å²) in [7, 11) is 0. The van der Waals surface area contributed by atoms with Gasteiger partial charge < -0.3 is 5.32 Å². The van der Waals surface area contributed by atoms with Crippen LogP contribution in [-0.4, -0.2) is 18.1 Å². The Morgan fingerprint density at radius 1 is 1.39 bits per heavy atom. The number of rotatable bonds is 5. The standard InChI is InChI=1S/C16H24N2/c1-2-17-13-16(15-8-4-3-5-9-15)11-14-7-6-10-18-12-14/h6-7,10-12,15,17H,2-5,8-9,13H2,1H3. The van der Waals surface area contributed by atoms with E-state index in [0.29, 0.717) is 0 Å². The number of nitrogens with zero attached hydrogens (tertiary/aromatic N) is 1. The van der Waals surface area contributed by atoms with Crippen LogP contribution in [0, 0.1) is 5.92 Å². The maximum Gasteiger partial charge on any atom is 0.0340 e. The lowest BCUT2D eigenvalue weighted by atomic mass is 9.83. The molecule has 18 heavy (non-hydrogen) atoms. The van der Waals surface area contributed by atoms with Crippen molar-refractivity contribution in [2.75, 3.05) is 13.1 Å². The zero-order valence-electron chi connectivity index (χ0n) is 11.4. The van der Waals surface area contributed by atoms with Crippen LogP contribution in [0.1, 0.15) is 44.6 Å². The average molecular weight is 244 g/mol. The molecule has 1 aliphatic carbocycles. The number of aromatic nitrogens is 1. The first-order valence-electron chi connectivity index (χ1n) is 7.21. The Labute approximate surface area is 111 Å². The van der Waals surface area contributed by atoms with Crippen molar-refractivity contribution >= 4 is 6.08 Å². The van der Waals surface area contributed by atoms with Gasteiger partial charge in [-0.15, -0.1) is 0 Å². The number of pyridine rings is 1. The number of likely N-dealkylation sites (N-methyl/N-ethyl adjacent to an activating group) is 1. The van der Waals surface area contributed by atoms with Gasteiger partial charge in [0.2, 0.25) is 0 Å². The first kappa shape index (κ1) is 13.3. The fraction of sp³-hybridized carbons (Fsp3) is 0.562. The van der Waals surface area contributed by atoms with Crippen LogP contribution in [0.15, 0.2) is 30.1 Å². The first-order valence-corrected chi connectivity index (χ1v) is 7.21. The summed E-state index contributed by atoms with van der Waals surface area (Å²) < 4.78 is 0. The van der Waals surface area contributed by atoms with Gasteiger partial charge in [0.05, 0.1) is 0 Å².